The molecule has 3 nitrogen and oxygen atoms in total. The van der Waals surface area contributed by atoms with Gasteiger partial charge in [0.1, 0.15) is 0 Å². The van der Waals surface area contributed by atoms with Crippen molar-refractivity contribution in [2.45, 2.75) is 25.7 Å². The van der Waals surface area contributed by atoms with Crippen LogP contribution in [0.2, 0.25) is 0 Å². The van der Waals surface area contributed by atoms with Crippen LogP contribution in [0.1, 0.15) is 25.7 Å². The van der Waals surface area contributed by atoms with E-state index in [1.807, 2.05) is 4.90 Å². The molecular weight excluding hydrogens is 142 g/mol. The lowest BCUT2D eigenvalue weighted by molar-refractivity contribution is -0.132. The molecule has 64 valence electrons. The molecule has 1 saturated heterocycles. The van der Waals surface area contributed by atoms with Gasteiger partial charge in [-0.1, -0.05) is 0 Å². The Hall–Kier alpha value is -0.570. The van der Waals surface area contributed by atoms with Crippen LogP contribution in [0.25, 0.3) is 0 Å². The largest absolute Gasteiger partial charge is 0.396 e. The van der Waals surface area contributed by atoms with Gasteiger partial charge in [0, 0.05) is 19.5 Å². The van der Waals surface area contributed by atoms with Gasteiger partial charge in [0.05, 0.1) is 6.61 Å². The third-order valence-corrected chi connectivity index (χ3v) is 2.03. The molecule has 1 heterocycles. The Labute approximate surface area is 67.0 Å². The van der Waals surface area contributed by atoms with E-state index in [-0.39, 0.29) is 12.5 Å². The summed E-state index contributed by atoms with van der Waals surface area (Å²) in [4.78, 5) is 13.0. The van der Waals surface area contributed by atoms with Gasteiger partial charge >= 0.3 is 0 Å². The molecule has 1 aliphatic rings. The fourth-order valence-corrected chi connectivity index (χ4v) is 1.40. The molecule has 3 heteroatoms. The second-order valence-corrected chi connectivity index (χ2v) is 2.92. The molecule has 1 rings (SSSR count). The van der Waals surface area contributed by atoms with Gasteiger partial charge in [-0.3, -0.25) is 4.79 Å². The zero-order valence-corrected chi connectivity index (χ0v) is 6.75. The molecule has 1 aliphatic heterocycles. The number of nitrogens with zero attached hydrogens (tertiary/aromatic N) is 1. The molecular formula is C8H15NO2. The predicted octanol–water partition coefficient (Wildman–Crippen LogP) is 0.381. The van der Waals surface area contributed by atoms with Crippen molar-refractivity contribution in [1.29, 1.82) is 0 Å². The number of carbonyl (C=O) groups excluding carboxylic acids is 1. The van der Waals surface area contributed by atoms with E-state index in [0.29, 0.717) is 6.42 Å². The Kier molecular flexibility index (Phi) is 3.36. The average molecular weight is 157 g/mol. The molecule has 0 bridgehead atoms. The zero-order chi connectivity index (χ0) is 8.10. The van der Waals surface area contributed by atoms with E-state index in [1.165, 1.54) is 6.42 Å². The van der Waals surface area contributed by atoms with Crippen molar-refractivity contribution in [3.05, 3.63) is 0 Å². The monoisotopic (exact) mass is 157 g/mol. The summed E-state index contributed by atoms with van der Waals surface area (Å²) in [5.41, 5.74) is 0. The third-order valence-electron chi connectivity index (χ3n) is 2.03. The van der Waals surface area contributed by atoms with Crippen LogP contribution in [0.15, 0.2) is 0 Å². The highest BCUT2D eigenvalue weighted by molar-refractivity contribution is 5.76. The quantitative estimate of drug-likeness (QED) is 0.629. The van der Waals surface area contributed by atoms with E-state index in [0.717, 1.165) is 25.9 Å². The highest BCUT2D eigenvalue weighted by Gasteiger charge is 2.14. The molecule has 0 aromatic rings. The lowest BCUT2D eigenvalue weighted by Gasteiger charge is -2.26. The van der Waals surface area contributed by atoms with Crippen LogP contribution in [-0.2, 0) is 4.79 Å². The molecule has 0 saturated carbocycles. The summed E-state index contributed by atoms with van der Waals surface area (Å²) in [6.07, 6.45) is 3.78. The summed E-state index contributed by atoms with van der Waals surface area (Å²) in [6, 6.07) is 0. The lowest BCUT2D eigenvalue weighted by Crippen LogP contribution is -2.35. The minimum absolute atomic E-state index is 0.0185. The number of hydrogen-bond donors (Lipinski definition) is 1. The second-order valence-electron chi connectivity index (χ2n) is 2.92. The number of likely N-dealkylation sites (tertiary alicyclic amines) is 1. The van der Waals surface area contributed by atoms with Crippen LogP contribution in [0.4, 0.5) is 0 Å². The number of amides is 1. The Balaban J connectivity index is 2.27. The molecule has 1 N–H and O–H groups in total. The number of rotatable bonds is 2. The van der Waals surface area contributed by atoms with Gasteiger partial charge in [-0.25, -0.2) is 0 Å². The normalized spacial score (nSPS) is 18.5. The topological polar surface area (TPSA) is 40.5 Å². The molecule has 1 amide bonds. The van der Waals surface area contributed by atoms with Gasteiger partial charge in [-0.05, 0) is 19.3 Å². The van der Waals surface area contributed by atoms with Crippen LogP contribution in [0.5, 0.6) is 0 Å². The summed E-state index contributed by atoms with van der Waals surface area (Å²) < 4.78 is 0. The van der Waals surface area contributed by atoms with Crippen molar-refractivity contribution >= 4 is 5.91 Å². The van der Waals surface area contributed by atoms with Crippen LogP contribution >= 0.6 is 0 Å². The first-order chi connectivity index (χ1) is 5.34. The predicted molar refractivity (Wildman–Crippen MR) is 42.1 cm³/mol. The molecule has 11 heavy (non-hydrogen) atoms. The highest BCUT2D eigenvalue weighted by Crippen LogP contribution is 2.09. The van der Waals surface area contributed by atoms with Crippen molar-refractivity contribution in [2.75, 3.05) is 19.7 Å². The molecule has 0 aliphatic carbocycles. The maximum Gasteiger partial charge on any atom is 0.224 e. The van der Waals surface area contributed by atoms with Crippen molar-refractivity contribution < 1.29 is 9.90 Å². The SMILES string of the molecule is O=C(CCO)N1CCCCC1. The second kappa shape index (κ2) is 4.34. The van der Waals surface area contributed by atoms with Crippen molar-refractivity contribution in [3.8, 4) is 0 Å². The van der Waals surface area contributed by atoms with E-state index in [9.17, 15) is 4.79 Å². The number of hydrogen-bond acceptors (Lipinski definition) is 2. The van der Waals surface area contributed by atoms with Gasteiger partial charge in [-0.2, -0.15) is 0 Å². The van der Waals surface area contributed by atoms with Gasteiger partial charge in [0.15, 0.2) is 0 Å². The van der Waals surface area contributed by atoms with Gasteiger partial charge in [0.25, 0.3) is 0 Å². The Morgan fingerprint density at radius 3 is 2.45 bits per heavy atom. The third kappa shape index (κ3) is 2.50. The zero-order valence-electron chi connectivity index (χ0n) is 6.75. The molecule has 0 aromatic carbocycles. The van der Waals surface area contributed by atoms with Crippen molar-refractivity contribution in [3.63, 3.8) is 0 Å². The maximum atomic E-state index is 11.2. The Morgan fingerprint density at radius 2 is 1.91 bits per heavy atom. The lowest BCUT2D eigenvalue weighted by atomic mass is 10.1. The van der Waals surface area contributed by atoms with E-state index in [1.54, 1.807) is 0 Å². The number of piperidine rings is 1. The molecule has 0 unspecified atom stereocenters. The van der Waals surface area contributed by atoms with E-state index >= 15 is 0 Å². The smallest absolute Gasteiger partial charge is 0.224 e. The van der Waals surface area contributed by atoms with Crippen molar-refractivity contribution in [1.82, 2.24) is 4.90 Å². The Morgan fingerprint density at radius 1 is 1.27 bits per heavy atom. The number of aliphatic hydroxyl groups is 1. The fourth-order valence-electron chi connectivity index (χ4n) is 1.40. The van der Waals surface area contributed by atoms with Gasteiger partial charge < -0.3 is 10.0 Å². The minimum atomic E-state index is -0.0185. The molecule has 0 radical (unpaired) electrons. The standard InChI is InChI=1S/C8H15NO2/c10-7-4-8(11)9-5-2-1-3-6-9/h10H,1-7H2. The van der Waals surface area contributed by atoms with Crippen LogP contribution < -0.4 is 0 Å². The minimum Gasteiger partial charge on any atom is -0.396 e. The Bertz CT molecular complexity index is 130. The number of aliphatic hydroxyl groups excluding tert-OH is 1. The van der Waals surface area contributed by atoms with E-state index in [4.69, 9.17) is 5.11 Å². The average Bonchev–Trinajstić information content (AvgIpc) is 2.07. The van der Waals surface area contributed by atoms with Gasteiger partial charge in [0.2, 0.25) is 5.91 Å². The van der Waals surface area contributed by atoms with Crippen LogP contribution in [0, 0.1) is 0 Å². The van der Waals surface area contributed by atoms with E-state index in [2.05, 4.69) is 0 Å². The summed E-state index contributed by atoms with van der Waals surface area (Å²) in [6.45, 7) is 1.76. The van der Waals surface area contributed by atoms with Crippen LogP contribution in [-0.4, -0.2) is 35.6 Å². The summed E-state index contributed by atoms with van der Waals surface area (Å²) in [7, 11) is 0. The van der Waals surface area contributed by atoms with Crippen molar-refractivity contribution in [2.24, 2.45) is 0 Å². The van der Waals surface area contributed by atoms with Gasteiger partial charge in [-0.15, -0.1) is 0 Å². The first-order valence-electron chi connectivity index (χ1n) is 4.23. The maximum absolute atomic E-state index is 11.2. The first kappa shape index (κ1) is 8.53. The molecule has 1 fully saturated rings. The van der Waals surface area contributed by atoms with Crippen LogP contribution in [0.3, 0.4) is 0 Å². The first-order valence-corrected chi connectivity index (χ1v) is 4.23. The molecule has 0 aromatic heterocycles. The highest BCUT2D eigenvalue weighted by atomic mass is 16.3. The summed E-state index contributed by atoms with van der Waals surface area (Å²) in [5, 5.41) is 8.52. The molecule has 0 atom stereocenters. The van der Waals surface area contributed by atoms with E-state index < -0.39 is 0 Å². The summed E-state index contributed by atoms with van der Waals surface area (Å²) in [5.74, 6) is 0.104. The fraction of sp³-hybridized carbons (Fsp3) is 0.875. The molecule has 0 spiro atoms. The summed E-state index contributed by atoms with van der Waals surface area (Å²) >= 11 is 0. The number of carbonyl (C=O) groups is 1.